The highest BCUT2D eigenvalue weighted by Gasteiger charge is 2.35. The van der Waals surface area contributed by atoms with Gasteiger partial charge in [-0.25, -0.2) is 13.5 Å². The van der Waals surface area contributed by atoms with Crippen molar-refractivity contribution in [2.75, 3.05) is 0 Å². The quantitative estimate of drug-likeness (QED) is 0.269. The van der Waals surface area contributed by atoms with Crippen LogP contribution in [0.4, 0.5) is 22.0 Å². The predicted octanol–water partition coefficient (Wildman–Crippen LogP) is 5.20. The second-order valence-electron chi connectivity index (χ2n) is 8.46. The van der Waals surface area contributed by atoms with Gasteiger partial charge in [0.05, 0.1) is 17.3 Å². The van der Waals surface area contributed by atoms with Crippen molar-refractivity contribution in [1.82, 2.24) is 20.1 Å². The van der Waals surface area contributed by atoms with E-state index in [0.717, 1.165) is 16.8 Å². The van der Waals surface area contributed by atoms with Gasteiger partial charge in [0.1, 0.15) is 22.8 Å². The summed E-state index contributed by atoms with van der Waals surface area (Å²) in [4.78, 5) is 29.1. The molecule has 0 radical (unpaired) electrons. The molecule has 2 heterocycles. The fraction of sp³-hybridized carbons (Fsp3) is 0.154. The average Bonchev–Trinajstić information content (AvgIpc) is 3.24. The summed E-state index contributed by atoms with van der Waals surface area (Å²) >= 11 is 2.98. The summed E-state index contributed by atoms with van der Waals surface area (Å²) in [5.74, 6) is -3.01. The van der Waals surface area contributed by atoms with Crippen molar-refractivity contribution in [2.45, 2.75) is 25.2 Å². The van der Waals surface area contributed by atoms with Gasteiger partial charge in [-0.3, -0.25) is 14.6 Å². The Balaban J connectivity index is 1.71. The van der Waals surface area contributed by atoms with Crippen LogP contribution in [0.3, 0.4) is 0 Å². The van der Waals surface area contributed by atoms with Gasteiger partial charge in [0, 0.05) is 17.8 Å². The zero-order chi connectivity index (χ0) is 28.3. The van der Waals surface area contributed by atoms with Gasteiger partial charge in [-0.15, -0.1) is 0 Å². The van der Waals surface area contributed by atoms with Gasteiger partial charge in [0.15, 0.2) is 5.69 Å². The van der Waals surface area contributed by atoms with Crippen molar-refractivity contribution in [3.8, 4) is 11.1 Å². The Morgan fingerprint density at radius 3 is 2.49 bits per heavy atom. The van der Waals surface area contributed by atoms with Gasteiger partial charge < -0.3 is 11.1 Å². The standard InChI is InChI=1S/C26H19BrF5N5O2/c27-22-12-21(26(30,31)32)36-37(22)13-23(38)35-20(10-14-3-1-4-16(28)9-14)24-17(5-2-8-34-24)15-6-7-19(29)18(11-15)25(33)39/h1-9,11-12,20H,10,13H2,(H2,33,39)(H,35,38)/t20-/m0/s1. The number of nitrogens with two attached hydrogens (primary N) is 1. The minimum atomic E-state index is -4.70. The molecule has 0 saturated carbocycles. The molecule has 0 saturated heterocycles. The number of primary amides is 1. The molecule has 0 bridgehead atoms. The Kier molecular flexibility index (Phi) is 8.09. The molecule has 0 fully saturated rings. The lowest BCUT2D eigenvalue weighted by Gasteiger charge is -2.22. The number of pyridine rings is 1. The SMILES string of the molecule is NC(=O)c1cc(-c2cccnc2[C@H](Cc2cccc(F)c2)NC(=O)Cn2nc(C(F)(F)F)cc2Br)ccc1F. The van der Waals surface area contributed by atoms with Gasteiger partial charge in [-0.1, -0.05) is 24.3 Å². The van der Waals surface area contributed by atoms with Crippen LogP contribution in [0.15, 0.2) is 71.5 Å². The molecule has 13 heteroatoms. The summed E-state index contributed by atoms with van der Waals surface area (Å²) in [5.41, 5.74) is 5.33. The number of benzene rings is 2. The Hall–Kier alpha value is -4.13. The minimum absolute atomic E-state index is 0.0471. The number of nitrogens with one attached hydrogen (secondary N) is 1. The number of rotatable bonds is 8. The fourth-order valence-corrected chi connectivity index (χ4v) is 4.38. The third-order valence-corrected chi connectivity index (χ3v) is 6.33. The van der Waals surface area contributed by atoms with Gasteiger partial charge >= 0.3 is 6.18 Å². The molecule has 3 N–H and O–H groups in total. The van der Waals surface area contributed by atoms with Gasteiger partial charge in [-0.05, 0) is 63.8 Å². The van der Waals surface area contributed by atoms with Crippen LogP contribution in [0, 0.1) is 11.6 Å². The topological polar surface area (TPSA) is 103 Å². The van der Waals surface area contributed by atoms with Crippen LogP contribution in [0.5, 0.6) is 0 Å². The zero-order valence-electron chi connectivity index (χ0n) is 19.8. The first-order chi connectivity index (χ1) is 18.4. The zero-order valence-corrected chi connectivity index (χ0v) is 21.4. The van der Waals surface area contributed by atoms with Crippen LogP contribution in [-0.4, -0.2) is 26.6 Å². The third-order valence-electron chi connectivity index (χ3n) is 5.69. The van der Waals surface area contributed by atoms with E-state index >= 15 is 0 Å². The lowest BCUT2D eigenvalue weighted by Crippen LogP contribution is -2.34. The van der Waals surface area contributed by atoms with Gasteiger partial charge in [0.25, 0.3) is 5.91 Å². The molecule has 0 spiro atoms. The Bertz CT molecular complexity index is 1540. The average molecular weight is 608 g/mol. The maximum atomic E-state index is 14.1. The molecule has 1 atom stereocenters. The first kappa shape index (κ1) is 27.9. The molecule has 4 aromatic rings. The van der Waals surface area contributed by atoms with E-state index in [1.165, 1.54) is 36.5 Å². The first-order valence-electron chi connectivity index (χ1n) is 11.3. The number of amides is 2. The number of hydrogen-bond acceptors (Lipinski definition) is 4. The van der Waals surface area contributed by atoms with Crippen molar-refractivity contribution >= 4 is 27.7 Å². The molecule has 0 aliphatic carbocycles. The molecule has 7 nitrogen and oxygen atoms in total. The van der Waals surface area contributed by atoms with Crippen molar-refractivity contribution in [3.63, 3.8) is 0 Å². The van der Waals surface area contributed by atoms with E-state index in [-0.39, 0.29) is 22.3 Å². The second kappa shape index (κ2) is 11.3. The van der Waals surface area contributed by atoms with E-state index in [9.17, 15) is 31.5 Å². The molecule has 0 aliphatic heterocycles. The second-order valence-corrected chi connectivity index (χ2v) is 9.27. The Morgan fingerprint density at radius 2 is 1.82 bits per heavy atom. The van der Waals surface area contributed by atoms with Crippen molar-refractivity contribution in [2.24, 2.45) is 5.73 Å². The number of aromatic nitrogens is 3. The largest absolute Gasteiger partial charge is 0.435 e. The predicted molar refractivity (Wildman–Crippen MR) is 134 cm³/mol. The molecule has 0 unspecified atom stereocenters. The molecule has 4 rings (SSSR count). The number of carbonyl (C=O) groups is 2. The van der Waals surface area contributed by atoms with Crippen molar-refractivity contribution in [3.05, 3.63) is 106 Å². The van der Waals surface area contributed by atoms with Crippen molar-refractivity contribution < 1.29 is 31.5 Å². The van der Waals surface area contributed by atoms with Crippen LogP contribution >= 0.6 is 15.9 Å². The van der Waals surface area contributed by atoms with Crippen molar-refractivity contribution in [1.29, 1.82) is 0 Å². The molecule has 2 aromatic heterocycles. The van der Waals surface area contributed by atoms with E-state index in [4.69, 9.17) is 5.73 Å². The number of halogens is 6. The highest BCUT2D eigenvalue weighted by Crippen LogP contribution is 2.31. The third kappa shape index (κ3) is 6.66. The lowest BCUT2D eigenvalue weighted by molar-refractivity contribution is -0.141. The van der Waals surface area contributed by atoms with E-state index < -0.39 is 47.9 Å². The maximum absolute atomic E-state index is 14.1. The number of alkyl halides is 3. The first-order valence-corrected chi connectivity index (χ1v) is 12.1. The van der Waals surface area contributed by atoms with Crippen LogP contribution in [0.2, 0.25) is 0 Å². The molecule has 39 heavy (non-hydrogen) atoms. The summed E-state index contributed by atoms with van der Waals surface area (Å²) in [6, 6.07) is 12.4. The molecule has 202 valence electrons. The number of nitrogens with zero attached hydrogens (tertiary/aromatic N) is 3. The van der Waals surface area contributed by atoms with E-state index in [1.807, 2.05) is 0 Å². The Morgan fingerprint density at radius 1 is 1.05 bits per heavy atom. The number of hydrogen-bond donors (Lipinski definition) is 2. The summed E-state index contributed by atoms with van der Waals surface area (Å²) in [6.07, 6.45) is -3.21. The molecular weight excluding hydrogens is 589 g/mol. The highest BCUT2D eigenvalue weighted by molar-refractivity contribution is 9.10. The summed E-state index contributed by atoms with van der Waals surface area (Å²) in [6.45, 7) is -0.569. The smallest absolute Gasteiger partial charge is 0.366 e. The molecule has 0 aliphatic rings. The van der Waals surface area contributed by atoms with Crippen LogP contribution in [0.25, 0.3) is 11.1 Å². The normalized spacial score (nSPS) is 12.3. The summed E-state index contributed by atoms with van der Waals surface area (Å²) in [7, 11) is 0. The van der Waals surface area contributed by atoms with E-state index in [1.54, 1.807) is 18.2 Å². The van der Waals surface area contributed by atoms with E-state index in [0.29, 0.717) is 16.7 Å². The minimum Gasteiger partial charge on any atom is -0.366 e. The van der Waals surface area contributed by atoms with Crippen LogP contribution < -0.4 is 11.1 Å². The molecule has 2 amide bonds. The highest BCUT2D eigenvalue weighted by atomic mass is 79.9. The van der Waals surface area contributed by atoms with Gasteiger partial charge in [0.2, 0.25) is 5.91 Å². The van der Waals surface area contributed by atoms with E-state index in [2.05, 4.69) is 31.3 Å². The van der Waals surface area contributed by atoms with Crippen LogP contribution in [-0.2, 0) is 23.9 Å². The molecule has 2 aromatic carbocycles. The maximum Gasteiger partial charge on any atom is 0.435 e. The Labute approximate surface area is 227 Å². The lowest BCUT2D eigenvalue weighted by atomic mass is 9.94. The number of carbonyl (C=O) groups excluding carboxylic acids is 2. The fourth-order valence-electron chi connectivity index (χ4n) is 3.96. The molecular formula is C26H19BrF5N5O2. The summed E-state index contributed by atoms with van der Waals surface area (Å²) < 4.78 is 68.0. The van der Waals surface area contributed by atoms with Gasteiger partial charge in [-0.2, -0.15) is 18.3 Å². The summed E-state index contributed by atoms with van der Waals surface area (Å²) in [5, 5.41) is 6.17. The van der Waals surface area contributed by atoms with Crippen LogP contribution in [0.1, 0.15) is 33.4 Å². The monoisotopic (exact) mass is 607 g/mol.